The van der Waals surface area contributed by atoms with Crippen molar-refractivity contribution in [3.63, 3.8) is 0 Å². The lowest BCUT2D eigenvalue weighted by molar-refractivity contribution is -0.117. The molecular formula is C12H22N2O2. The average molecular weight is 226 g/mol. The van der Waals surface area contributed by atoms with Crippen LogP contribution < -0.4 is 10.6 Å². The van der Waals surface area contributed by atoms with Crippen LogP contribution in [0.3, 0.4) is 0 Å². The molecule has 4 nitrogen and oxygen atoms in total. The van der Waals surface area contributed by atoms with Crippen LogP contribution in [0.5, 0.6) is 0 Å². The van der Waals surface area contributed by atoms with E-state index in [4.69, 9.17) is 0 Å². The van der Waals surface area contributed by atoms with Gasteiger partial charge in [-0.05, 0) is 39.8 Å². The highest BCUT2D eigenvalue weighted by molar-refractivity contribution is 5.87. The predicted molar refractivity (Wildman–Crippen MR) is 67.0 cm³/mol. The lowest BCUT2D eigenvalue weighted by Gasteiger charge is -2.02. The van der Waals surface area contributed by atoms with Crippen molar-refractivity contribution in [1.29, 1.82) is 0 Å². The topological polar surface area (TPSA) is 58.2 Å². The van der Waals surface area contributed by atoms with Crippen LogP contribution in [0, 0.1) is 0 Å². The number of hydrogen-bond acceptors (Lipinski definition) is 2. The van der Waals surface area contributed by atoms with E-state index in [1.165, 1.54) is 12.2 Å². The number of rotatable bonds is 4. The summed E-state index contributed by atoms with van der Waals surface area (Å²) in [5, 5.41) is 5.27. The monoisotopic (exact) mass is 226 g/mol. The Balaban J connectivity index is 0. The molecule has 0 saturated heterocycles. The highest BCUT2D eigenvalue weighted by atomic mass is 16.2. The Morgan fingerprint density at radius 1 is 0.875 bits per heavy atom. The molecule has 0 atom stereocenters. The van der Waals surface area contributed by atoms with Crippen molar-refractivity contribution < 1.29 is 9.59 Å². The van der Waals surface area contributed by atoms with Gasteiger partial charge in [0.1, 0.15) is 0 Å². The van der Waals surface area contributed by atoms with Crippen molar-refractivity contribution in [2.24, 2.45) is 0 Å². The molecule has 0 heterocycles. The number of hydrogen-bond donors (Lipinski definition) is 2. The first-order valence-corrected chi connectivity index (χ1v) is 5.19. The fourth-order valence-corrected chi connectivity index (χ4v) is 0.687. The van der Waals surface area contributed by atoms with Crippen LogP contribution in [-0.2, 0) is 9.59 Å². The largest absolute Gasteiger partial charge is 0.350 e. The Kier molecular flexibility index (Phi) is 10.5. The third-order valence-electron chi connectivity index (χ3n) is 1.23. The Morgan fingerprint density at radius 3 is 1.19 bits per heavy atom. The smallest absolute Gasteiger partial charge is 0.243 e. The number of amides is 2. The molecule has 4 heteroatoms. The van der Waals surface area contributed by atoms with Gasteiger partial charge in [-0.1, -0.05) is 13.2 Å². The summed E-state index contributed by atoms with van der Waals surface area (Å²) in [5.41, 5.74) is 0. The molecule has 0 aliphatic heterocycles. The summed E-state index contributed by atoms with van der Waals surface area (Å²) in [5.74, 6) is -0.222. The van der Waals surface area contributed by atoms with Gasteiger partial charge >= 0.3 is 0 Å². The molecule has 0 aliphatic rings. The number of carbonyl (C=O) groups is 2. The van der Waals surface area contributed by atoms with E-state index in [0.717, 1.165) is 0 Å². The molecule has 16 heavy (non-hydrogen) atoms. The lowest BCUT2D eigenvalue weighted by atomic mass is 10.4. The van der Waals surface area contributed by atoms with Crippen molar-refractivity contribution in [2.75, 3.05) is 0 Å². The molecule has 0 bridgehead atoms. The summed E-state index contributed by atoms with van der Waals surface area (Å²) < 4.78 is 0. The van der Waals surface area contributed by atoms with Gasteiger partial charge in [-0.15, -0.1) is 0 Å². The first kappa shape index (κ1) is 16.8. The summed E-state index contributed by atoms with van der Waals surface area (Å²) in [6.45, 7) is 14.2. The van der Waals surface area contributed by atoms with Crippen molar-refractivity contribution >= 4 is 11.8 Å². The zero-order valence-corrected chi connectivity index (χ0v) is 10.5. The van der Waals surface area contributed by atoms with Crippen LogP contribution in [0.15, 0.2) is 25.3 Å². The summed E-state index contributed by atoms with van der Waals surface area (Å²) in [4.78, 5) is 20.8. The second-order valence-corrected chi connectivity index (χ2v) is 3.73. The Hall–Kier alpha value is -1.58. The Labute approximate surface area is 97.8 Å². The molecule has 0 aromatic rings. The SMILES string of the molecule is C=CC(=O)NC(C)C.C=CC(=O)NC(C)C. The van der Waals surface area contributed by atoms with Crippen molar-refractivity contribution in [1.82, 2.24) is 10.6 Å². The van der Waals surface area contributed by atoms with E-state index in [1.54, 1.807) is 0 Å². The van der Waals surface area contributed by atoms with Gasteiger partial charge in [0.05, 0.1) is 0 Å². The van der Waals surface area contributed by atoms with Gasteiger partial charge in [-0.25, -0.2) is 0 Å². The zero-order chi connectivity index (χ0) is 13.1. The van der Waals surface area contributed by atoms with Gasteiger partial charge in [0.2, 0.25) is 11.8 Å². The van der Waals surface area contributed by atoms with Gasteiger partial charge in [0.25, 0.3) is 0 Å². The molecule has 0 rings (SSSR count). The predicted octanol–water partition coefficient (Wildman–Crippen LogP) is 1.39. The van der Waals surface area contributed by atoms with Crippen molar-refractivity contribution in [2.45, 2.75) is 39.8 Å². The van der Waals surface area contributed by atoms with E-state index in [2.05, 4.69) is 23.8 Å². The maximum absolute atomic E-state index is 10.4. The second-order valence-electron chi connectivity index (χ2n) is 3.73. The lowest BCUT2D eigenvalue weighted by Crippen LogP contribution is -2.27. The van der Waals surface area contributed by atoms with Gasteiger partial charge in [-0.3, -0.25) is 9.59 Å². The third-order valence-corrected chi connectivity index (χ3v) is 1.23. The molecule has 0 radical (unpaired) electrons. The van der Waals surface area contributed by atoms with Crippen molar-refractivity contribution in [3.05, 3.63) is 25.3 Å². The minimum absolute atomic E-state index is 0.111. The van der Waals surface area contributed by atoms with E-state index < -0.39 is 0 Å². The summed E-state index contributed by atoms with van der Waals surface area (Å²) in [6.07, 6.45) is 2.53. The molecule has 0 aliphatic carbocycles. The molecule has 92 valence electrons. The van der Waals surface area contributed by atoms with E-state index in [9.17, 15) is 9.59 Å². The van der Waals surface area contributed by atoms with Crippen LogP contribution >= 0.6 is 0 Å². The standard InChI is InChI=1S/2C6H11NO/c2*1-4-6(8)7-5(2)3/h2*4-5H,1H2,2-3H3,(H,7,8). The first-order chi connectivity index (χ1) is 7.33. The number of carbonyl (C=O) groups excluding carboxylic acids is 2. The van der Waals surface area contributed by atoms with Gasteiger partial charge in [0, 0.05) is 12.1 Å². The molecule has 0 saturated carbocycles. The molecule has 2 amide bonds. The zero-order valence-electron chi connectivity index (χ0n) is 10.5. The molecule has 0 fully saturated rings. The molecule has 0 aromatic heterocycles. The third kappa shape index (κ3) is 14.9. The quantitative estimate of drug-likeness (QED) is 0.712. The first-order valence-electron chi connectivity index (χ1n) is 5.19. The fraction of sp³-hybridized carbons (Fsp3) is 0.500. The van der Waals surface area contributed by atoms with Crippen LogP contribution in [0.2, 0.25) is 0 Å². The second kappa shape index (κ2) is 9.96. The van der Waals surface area contributed by atoms with Crippen molar-refractivity contribution in [3.8, 4) is 0 Å². The molecule has 0 aromatic carbocycles. The van der Waals surface area contributed by atoms with Gasteiger partial charge < -0.3 is 10.6 Å². The molecule has 2 N–H and O–H groups in total. The number of nitrogens with one attached hydrogen (secondary N) is 2. The summed E-state index contributed by atoms with van der Waals surface area (Å²) in [7, 11) is 0. The van der Waals surface area contributed by atoms with E-state index in [1.807, 2.05) is 27.7 Å². The maximum atomic E-state index is 10.4. The minimum atomic E-state index is -0.111. The van der Waals surface area contributed by atoms with E-state index in [0.29, 0.717) is 0 Å². The molecule has 0 spiro atoms. The summed E-state index contributed by atoms with van der Waals surface area (Å²) in [6, 6.07) is 0.418. The van der Waals surface area contributed by atoms with Gasteiger partial charge in [0.15, 0.2) is 0 Å². The average Bonchev–Trinajstić information content (AvgIpc) is 2.16. The van der Waals surface area contributed by atoms with Gasteiger partial charge in [-0.2, -0.15) is 0 Å². The Morgan fingerprint density at radius 2 is 1.12 bits per heavy atom. The van der Waals surface area contributed by atoms with Crippen LogP contribution in [0.25, 0.3) is 0 Å². The fourth-order valence-electron chi connectivity index (χ4n) is 0.687. The maximum Gasteiger partial charge on any atom is 0.243 e. The van der Waals surface area contributed by atoms with Crippen LogP contribution in [-0.4, -0.2) is 23.9 Å². The highest BCUT2D eigenvalue weighted by Gasteiger charge is 1.94. The van der Waals surface area contributed by atoms with Crippen LogP contribution in [0.1, 0.15) is 27.7 Å². The van der Waals surface area contributed by atoms with E-state index >= 15 is 0 Å². The Bertz CT molecular complexity index is 219. The normalized spacial score (nSPS) is 8.88. The summed E-state index contributed by atoms with van der Waals surface area (Å²) >= 11 is 0. The highest BCUT2D eigenvalue weighted by Crippen LogP contribution is 1.76. The molecule has 0 unspecified atom stereocenters. The minimum Gasteiger partial charge on any atom is -0.350 e. The van der Waals surface area contributed by atoms with Crippen LogP contribution in [0.4, 0.5) is 0 Å². The molecular weight excluding hydrogens is 204 g/mol. The van der Waals surface area contributed by atoms with E-state index in [-0.39, 0.29) is 23.9 Å².